The van der Waals surface area contributed by atoms with Gasteiger partial charge in [0.05, 0.1) is 17.6 Å². The summed E-state index contributed by atoms with van der Waals surface area (Å²) in [6, 6.07) is 13.0. The van der Waals surface area contributed by atoms with E-state index in [0.29, 0.717) is 17.0 Å². The number of anilines is 2. The molecule has 1 heterocycles. The van der Waals surface area contributed by atoms with Crippen molar-refractivity contribution in [2.24, 2.45) is 0 Å². The SMILES string of the molecule is COc1ccc(NS(=O)(=O)c2ccc(NC(C)=O)cc2)cc1-c1ccc(C(=O)O)o1. The van der Waals surface area contributed by atoms with E-state index < -0.39 is 16.0 Å². The second kappa shape index (κ2) is 8.29. The molecule has 3 N–H and O–H groups in total. The van der Waals surface area contributed by atoms with Crippen molar-refractivity contribution in [2.45, 2.75) is 11.8 Å². The van der Waals surface area contributed by atoms with Crippen LogP contribution in [0.5, 0.6) is 5.75 Å². The first-order chi connectivity index (χ1) is 14.2. The van der Waals surface area contributed by atoms with Crippen molar-refractivity contribution >= 4 is 33.3 Å². The number of methoxy groups -OCH3 is 1. The van der Waals surface area contributed by atoms with Gasteiger partial charge in [-0.2, -0.15) is 0 Å². The number of nitrogens with one attached hydrogen (secondary N) is 2. The molecule has 0 bridgehead atoms. The summed E-state index contributed by atoms with van der Waals surface area (Å²) in [5.74, 6) is -1.15. The highest BCUT2D eigenvalue weighted by molar-refractivity contribution is 7.92. The smallest absolute Gasteiger partial charge is 0.371 e. The van der Waals surface area contributed by atoms with Crippen LogP contribution in [0.25, 0.3) is 11.3 Å². The molecule has 1 amide bonds. The second-order valence-electron chi connectivity index (χ2n) is 6.20. The van der Waals surface area contributed by atoms with Gasteiger partial charge in [-0.15, -0.1) is 0 Å². The molecule has 10 heteroatoms. The van der Waals surface area contributed by atoms with E-state index in [0.717, 1.165) is 0 Å². The molecule has 0 aliphatic heterocycles. The van der Waals surface area contributed by atoms with Crippen LogP contribution in [-0.2, 0) is 14.8 Å². The maximum atomic E-state index is 12.7. The van der Waals surface area contributed by atoms with Crippen molar-refractivity contribution in [2.75, 3.05) is 17.1 Å². The molecule has 0 atom stereocenters. The minimum absolute atomic E-state index is 0.000122. The van der Waals surface area contributed by atoms with E-state index in [1.165, 1.54) is 68.6 Å². The number of benzene rings is 2. The third-order valence-electron chi connectivity index (χ3n) is 4.02. The number of rotatable bonds is 7. The van der Waals surface area contributed by atoms with Crippen molar-refractivity contribution in [3.8, 4) is 17.1 Å². The lowest BCUT2D eigenvalue weighted by Gasteiger charge is -2.12. The number of furan rings is 1. The van der Waals surface area contributed by atoms with Gasteiger partial charge in [-0.25, -0.2) is 13.2 Å². The highest BCUT2D eigenvalue weighted by Gasteiger charge is 2.18. The molecule has 1 aromatic heterocycles. The molecule has 2 aromatic carbocycles. The third kappa shape index (κ3) is 4.61. The van der Waals surface area contributed by atoms with Gasteiger partial charge < -0.3 is 19.6 Å². The predicted molar refractivity (Wildman–Crippen MR) is 109 cm³/mol. The van der Waals surface area contributed by atoms with Gasteiger partial charge in [0, 0.05) is 18.3 Å². The van der Waals surface area contributed by atoms with Crippen molar-refractivity contribution in [3.63, 3.8) is 0 Å². The Bertz CT molecular complexity index is 1200. The Kier molecular flexibility index (Phi) is 5.79. The van der Waals surface area contributed by atoms with Crippen LogP contribution in [0.3, 0.4) is 0 Å². The molecular formula is C20H18N2O7S. The first-order valence-corrected chi connectivity index (χ1v) is 10.1. The van der Waals surface area contributed by atoms with Gasteiger partial charge in [-0.05, 0) is 54.6 Å². The number of hydrogen-bond acceptors (Lipinski definition) is 6. The minimum atomic E-state index is -3.91. The van der Waals surface area contributed by atoms with E-state index in [2.05, 4.69) is 10.0 Å². The zero-order valence-electron chi connectivity index (χ0n) is 16.0. The van der Waals surface area contributed by atoms with E-state index in [-0.39, 0.29) is 28.0 Å². The number of sulfonamides is 1. The Morgan fingerprint density at radius 1 is 1.00 bits per heavy atom. The van der Waals surface area contributed by atoms with Crippen molar-refractivity contribution in [1.82, 2.24) is 0 Å². The quantitative estimate of drug-likeness (QED) is 0.523. The molecule has 0 saturated carbocycles. The molecule has 0 radical (unpaired) electrons. The summed E-state index contributed by atoms with van der Waals surface area (Å²) in [6.07, 6.45) is 0. The lowest BCUT2D eigenvalue weighted by molar-refractivity contribution is -0.114. The average Bonchev–Trinajstić information content (AvgIpc) is 3.18. The molecule has 156 valence electrons. The average molecular weight is 430 g/mol. The van der Waals surface area contributed by atoms with E-state index in [1.54, 1.807) is 0 Å². The molecule has 3 aromatic rings. The predicted octanol–water partition coefficient (Wildman–Crippen LogP) is 3.41. The number of ether oxygens (including phenoxy) is 1. The van der Waals surface area contributed by atoms with E-state index in [4.69, 9.17) is 14.3 Å². The monoisotopic (exact) mass is 430 g/mol. The third-order valence-corrected chi connectivity index (χ3v) is 5.42. The maximum Gasteiger partial charge on any atom is 0.371 e. The number of carboxylic acid groups (broad SMARTS) is 1. The van der Waals surface area contributed by atoms with Crippen LogP contribution in [0.4, 0.5) is 11.4 Å². The summed E-state index contributed by atoms with van der Waals surface area (Å²) in [5.41, 5.74) is 1.08. The number of hydrogen-bond donors (Lipinski definition) is 3. The zero-order chi connectivity index (χ0) is 21.9. The fraction of sp³-hybridized carbons (Fsp3) is 0.100. The summed E-state index contributed by atoms with van der Waals surface area (Å²) in [6.45, 7) is 1.35. The Labute approximate surface area is 172 Å². The molecule has 0 fully saturated rings. The molecule has 3 rings (SSSR count). The van der Waals surface area contributed by atoms with Crippen LogP contribution in [-0.4, -0.2) is 32.5 Å². The van der Waals surface area contributed by atoms with E-state index in [9.17, 15) is 18.0 Å². The van der Waals surface area contributed by atoms with Gasteiger partial charge in [0.2, 0.25) is 11.7 Å². The van der Waals surface area contributed by atoms with Crippen molar-refractivity contribution in [1.29, 1.82) is 0 Å². The molecule has 0 saturated heterocycles. The minimum Gasteiger partial charge on any atom is -0.496 e. The van der Waals surface area contributed by atoms with Gasteiger partial charge in [-0.1, -0.05) is 0 Å². The topological polar surface area (TPSA) is 135 Å². The van der Waals surface area contributed by atoms with Crippen LogP contribution in [0.15, 0.2) is 63.9 Å². The number of carboxylic acids is 1. The molecule has 0 aliphatic rings. The maximum absolute atomic E-state index is 12.7. The number of aromatic carboxylic acids is 1. The highest BCUT2D eigenvalue weighted by atomic mass is 32.2. The van der Waals surface area contributed by atoms with Crippen LogP contribution in [0.1, 0.15) is 17.5 Å². The van der Waals surface area contributed by atoms with Gasteiger partial charge >= 0.3 is 5.97 Å². The summed E-state index contributed by atoms with van der Waals surface area (Å²) < 4.78 is 38.4. The van der Waals surface area contributed by atoms with Gasteiger partial charge in [-0.3, -0.25) is 9.52 Å². The normalized spacial score (nSPS) is 11.0. The fourth-order valence-electron chi connectivity index (χ4n) is 2.70. The van der Waals surface area contributed by atoms with E-state index >= 15 is 0 Å². The molecule has 0 aliphatic carbocycles. The molecule has 0 spiro atoms. The largest absolute Gasteiger partial charge is 0.496 e. The van der Waals surface area contributed by atoms with Crippen molar-refractivity contribution in [3.05, 3.63) is 60.4 Å². The standard InChI is InChI=1S/C20H18N2O7S/c1-12(23)21-13-3-6-15(7-4-13)30(26,27)22-14-5-8-17(28-2)16(11-14)18-9-10-19(29-18)20(24)25/h3-11,22H,1-2H3,(H,21,23)(H,24,25). The Balaban J connectivity index is 1.90. The number of amides is 1. The first kappa shape index (κ1) is 20.9. The summed E-state index contributed by atoms with van der Waals surface area (Å²) in [4.78, 5) is 22.1. The van der Waals surface area contributed by atoms with Gasteiger partial charge in [0.25, 0.3) is 10.0 Å². The summed E-state index contributed by atoms with van der Waals surface area (Å²) in [7, 11) is -2.48. The van der Waals surface area contributed by atoms with Crippen LogP contribution in [0.2, 0.25) is 0 Å². The molecule has 0 unspecified atom stereocenters. The van der Waals surface area contributed by atoms with Crippen molar-refractivity contribution < 1.29 is 32.3 Å². The lowest BCUT2D eigenvalue weighted by atomic mass is 10.1. The molecule has 30 heavy (non-hydrogen) atoms. The first-order valence-electron chi connectivity index (χ1n) is 8.61. The van der Waals surface area contributed by atoms with Gasteiger partial charge in [0.15, 0.2) is 0 Å². The number of carbonyl (C=O) groups excluding carboxylic acids is 1. The molecular weight excluding hydrogens is 412 g/mol. The fourth-order valence-corrected chi connectivity index (χ4v) is 3.75. The Hall–Kier alpha value is -3.79. The summed E-state index contributed by atoms with van der Waals surface area (Å²) >= 11 is 0. The van der Waals surface area contributed by atoms with Crippen LogP contribution < -0.4 is 14.8 Å². The Morgan fingerprint density at radius 3 is 2.23 bits per heavy atom. The Morgan fingerprint density at radius 2 is 1.67 bits per heavy atom. The van der Waals surface area contributed by atoms with Crippen LogP contribution in [0, 0.1) is 0 Å². The van der Waals surface area contributed by atoms with Gasteiger partial charge in [0.1, 0.15) is 11.5 Å². The number of carbonyl (C=O) groups is 2. The summed E-state index contributed by atoms with van der Waals surface area (Å²) in [5, 5.41) is 11.6. The van der Waals surface area contributed by atoms with E-state index in [1.807, 2.05) is 0 Å². The highest BCUT2D eigenvalue weighted by Crippen LogP contribution is 2.34. The molecule has 9 nitrogen and oxygen atoms in total. The van der Waals surface area contributed by atoms with Crippen LogP contribution >= 0.6 is 0 Å². The second-order valence-corrected chi connectivity index (χ2v) is 7.88. The lowest BCUT2D eigenvalue weighted by Crippen LogP contribution is -2.13. The zero-order valence-corrected chi connectivity index (χ0v) is 16.8.